The molecule has 0 aliphatic heterocycles. The van der Waals surface area contributed by atoms with Gasteiger partial charge in [0.15, 0.2) is 0 Å². The Kier molecular flexibility index (Phi) is 4.26. The maximum Gasteiger partial charge on any atom is 0.241 e. The van der Waals surface area contributed by atoms with Crippen LogP contribution in [0.15, 0.2) is 0 Å². The smallest absolute Gasteiger partial charge is 0.241 e. The molecule has 75 valence electrons. The van der Waals surface area contributed by atoms with E-state index in [1.165, 1.54) is 32.1 Å². The van der Waals surface area contributed by atoms with Gasteiger partial charge in [-0.25, -0.2) is 5.32 Å². The van der Waals surface area contributed by atoms with E-state index in [0.717, 1.165) is 0 Å². The van der Waals surface area contributed by atoms with Crippen LogP contribution in [-0.4, -0.2) is 11.9 Å². The van der Waals surface area contributed by atoms with E-state index in [4.69, 9.17) is 0 Å². The van der Waals surface area contributed by atoms with Gasteiger partial charge in [0.25, 0.3) is 0 Å². The minimum Gasteiger partial charge on any atom is -0.273 e. The molecule has 1 rings (SSSR count). The first-order valence-corrected chi connectivity index (χ1v) is 5.42. The monoisotopic (exact) mass is 182 g/mol. The Morgan fingerprint density at radius 1 is 1.31 bits per heavy atom. The van der Waals surface area contributed by atoms with Crippen molar-refractivity contribution in [3.8, 4) is 0 Å². The van der Waals surface area contributed by atoms with Crippen LogP contribution in [-0.2, 0) is 4.79 Å². The lowest BCUT2D eigenvalue weighted by atomic mass is 9.87. The predicted molar refractivity (Wildman–Crippen MR) is 53.5 cm³/mol. The van der Waals surface area contributed by atoms with E-state index in [9.17, 15) is 4.79 Å². The molecule has 1 aliphatic carbocycles. The highest BCUT2D eigenvalue weighted by atomic mass is 16.1. The highest BCUT2D eigenvalue weighted by molar-refractivity contribution is 5.76. The summed E-state index contributed by atoms with van der Waals surface area (Å²) in [4.78, 5) is 11.4. The second-order valence-electron chi connectivity index (χ2n) is 4.32. The molecule has 0 aromatic rings. The highest BCUT2D eigenvalue weighted by Crippen LogP contribution is 2.26. The minimum atomic E-state index is 0.113. The molecule has 0 aromatic heterocycles. The Morgan fingerprint density at radius 2 is 1.92 bits per heavy atom. The fourth-order valence-electron chi connectivity index (χ4n) is 1.98. The number of carbonyl (C=O) groups excluding carboxylic acids is 1. The molecule has 0 aromatic carbocycles. The van der Waals surface area contributed by atoms with Crippen molar-refractivity contribution in [2.45, 2.75) is 58.4 Å². The Balaban J connectivity index is 2.18. The lowest BCUT2D eigenvalue weighted by Crippen LogP contribution is -2.25. The third-order valence-corrected chi connectivity index (χ3v) is 2.59. The molecule has 0 N–H and O–H groups in total. The first kappa shape index (κ1) is 10.6. The number of nitrogens with zero attached hydrogens (tertiary/aromatic N) is 1. The summed E-state index contributed by atoms with van der Waals surface area (Å²) >= 11 is 0. The molecule has 13 heavy (non-hydrogen) atoms. The van der Waals surface area contributed by atoms with Gasteiger partial charge in [0.1, 0.15) is 0 Å². The minimum absolute atomic E-state index is 0.113. The molecule has 2 nitrogen and oxygen atoms in total. The molecule has 1 fully saturated rings. The van der Waals surface area contributed by atoms with Crippen LogP contribution in [0.3, 0.4) is 0 Å². The zero-order chi connectivity index (χ0) is 9.68. The van der Waals surface area contributed by atoms with Gasteiger partial charge in [-0.15, -0.1) is 0 Å². The first-order chi connectivity index (χ1) is 6.18. The zero-order valence-electron chi connectivity index (χ0n) is 8.75. The molecule has 1 radical (unpaired) electrons. The summed E-state index contributed by atoms with van der Waals surface area (Å²) in [5.74, 6) is 0.741. The third kappa shape index (κ3) is 4.30. The SMILES string of the molecule is CC(C)[N]C(=O)CC1CCCCC1. The summed E-state index contributed by atoms with van der Waals surface area (Å²) in [6, 6.07) is 0.163. The summed E-state index contributed by atoms with van der Waals surface area (Å²) in [6.45, 7) is 3.91. The molecule has 0 saturated heterocycles. The second kappa shape index (κ2) is 5.25. The first-order valence-electron chi connectivity index (χ1n) is 5.42. The largest absolute Gasteiger partial charge is 0.273 e. The van der Waals surface area contributed by atoms with Gasteiger partial charge >= 0.3 is 0 Å². The van der Waals surface area contributed by atoms with Crippen molar-refractivity contribution in [2.24, 2.45) is 5.92 Å². The van der Waals surface area contributed by atoms with Crippen molar-refractivity contribution in [3.05, 3.63) is 0 Å². The van der Waals surface area contributed by atoms with Crippen LogP contribution in [0.1, 0.15) is 52.4 Å². The molecule has 2 heteroatoms. The van der Waals surface area contributed by atoms with Gasteiger partial charge in [-0.3, -0.25) is 4.79 Å². The summed E-state index contributed by atoms with van der Waals surface area (Å²) < 4.78 is 0. The molecule has 0 spiro atoms. The van der Waals surface area contributed by atoms with E-state index in [0.29, 0.717) is 12.3 Å². The van der Waals surface area contributed by atoms with Crippen molar-refractivity contribution in [1.82, 2.24) is 5.32 Å². The zero-order valence-corrected chi connectivity index (χ0v) is 8.75. The van der Waals surface area contributed by atoms with Crippen molar-refractivity contribution in [2.75, 3.05) is 0 Å². The summed E-state index contributed by atoms with van der Waals surface area (Å²) in [5.41, 5.74) is 0. The standard InChI is InChI=1S/C11H20NO/c1-9(2)12-11(13)8-10-6-4-3-5-7-10/h9-10H,3-8H2,1-2H3. The molecular weight excluding hydrogens is 162 g/mol. The highest BCUT2D eigenvalue weighted by Gasteiger charge is 2.17. The molecule has 0 heterocycles. The van der Waals surface area contributed by atoms with Gasteiger partial charge in [-0.1, -0.05) is 19.3 Å². The van der Waals surface area contributed by atoms with E-state index in [1.807, 2.05) is 13.8 Å². The Hall–Kier alpha value is -0.530. The van der Waals surface area contributed by atoms with E-state index < -0.39 is 0 Å². The summed E-state index contributed by atoms with van der Waals surface area (Å²) in [5, 5.41) is 4.03. The molecule has 1 amide bonds. The van der Waals surface area contributed by atoms with Crippen LogP contribution in [0.25, 0.3) is 0 Å². The Morgan fingerprint density at radius 3 is 2.46 bits per heavy atom. The van der Waals surface area contributed by atoms with Crippen molar-refractivity contribution >= 4 is 5.91 Å². The lowest BCUT2D eigenvalue weighted by molar-refractivity contribution is -0.123. The van der Waals surface area contributed by atoms with E-state index in [1.54, 1.807) is 0 Å². The van der Waals surface area contributed by atoms with Crippen molar-refractivity contribution in [3.63, 3.8) is 0 Å². The number of amides is 1. The summed E-state index contributed by atoms with van der Waals surface area (Å²) in [6.07, 6.45) is 7.13. The lowest BCUT2D eigenvalue weighted by Gasteiger charge is -2.20. The quantitative estimate of drug-likeness (QED) is 0.659. The van der Waals surface area contributed by atoms with Gasteiger partial charge in [-0.2, -0.15) is 0 Å². The van der Waals surface area contributed by atoms with Crippen LogP contribution in [0, 0.1) is 5.92 Å². The number of rotatable bonds is 3. The van der Waals surface area contributed by atoms with Gasteiger partial charge in [0.2, 0.25) is 5.91 Å². The Bertz CT molecular complexity index is 159. The molecule has 1 aliphatic rings. The normalized spacial score (nSPS) is 19.0. The summed E-state index contributed by atoms with van der Waals surface area (Å²) in [7, 11) is 0. The average molecular weight is 182 g/mol. The molecule has 0 bridgehead atoms. The average Bonchev–Trinajstić information content (AvgIpc) is 2.04. The van der Waals surface area contributed by atoms with Gasteiger partial charge in [-0.05, 0) is 32.6 Å². The van der Waals surface area contributed by atoms with Gasteiger partial charge < -0.3 is 0 Å². The molecule has 0 atom stereocenters. The number of carbonyl (C=O) groups is 1. The van der Waals surface area contributed by atoms with Gasteiger partial charge in [0.05, 0.1) is 0 Å². The van der Waals surface area contributed by atoms with Crippen LogP contribution >= 0.6 is 0 Å². The number of hydrogen-bond donors (Lipinski definition) is 0. The Labute approximate surface area is 81.1 Å². The van der Waals surface area contributed by atoms with E-state index in [-0.39, 0.29) is 11.9 Å². The maximum absolute atomic E-state index is 11.4. The van der Waals surface area contributed by atoms with Crippen LogP contribution in [0.5, 0.6) is 0 Å². The van der Waals surface area contributed by atoms with Crippen molar-refractivity contribution < 1.29 is 4.79 Å². The predicted octanol–water partition coefficient (Wildman–Crippen LogP) is 2.50. The fraction of sp³-hybridized carbons (Fsp3) is 0.909. The van der Waals surface area contributed by atoms with Crippen LogP contribution in [0.2, 0.25) is 0 Å². The van der Waals surface area contributed by atoms with Crippen LogP contribution < -0.4 is 5.32 Å². The topological polar surface area (TPSA) is 31.2 Å². The maximum atomic E-state index is 11.4. The molecule has 1 saturated carbocycles. The third-order valence-electron chi connectivity index (χ3n) is 2.59. The van der Waals surface area contributed by atoms with E-state index >= 15 is 0 Å². The van der Waals surface area contributed by atoms with Crippen LogP contribution in [0.4, 0.5) is 0 Å². The van der Waals surface area contributed by atoms with Crippen molar-refractivity contribution in [1.29, 1.82) is 0 Å². The number of hydrogen-bond acceptors (Lipinski definition) is 1. The molecule has 0 unspecified atom stereocenters. The fourth-order valence-corrected chi connectivity index (χ4v) is 1.98. The molecular formula is C11H20NO. The second-order valence-corrected chi connectivity index (χ2v) is 4.32. The van der Waals surface area contributed by atoms with Gasteiger partial charge in [0, 0.05) is 12.5 Å². The van der Waals surface area contributed by atoms with E-state index in [2.05, 4.69) is 5.32 Å².